The van der Waals surface area contributed by atoms with E-state index in [9.17, 15) is 18.3 Å². The average Bonchev–Trinajstić information content (AvgIpc) is 2.39. The number of amides is 1. The van der Waals surface area contributed by atoms with Crippen molar-refractivity contribution in [2.45, 2.75) is 25.4 Å². The number of aromatic hydroxyl groups is 1. The predicted molar refractivity (Wildman–Crippen MR) is 79.6 cm³/mol. The van der Waals surface area contributed by atoms with E-state index < -0.39 is 15.9 Å². The van der Waals surface area contributed by atoms with Crippen LogP contribution in [0.4, 0.5) is 0 Å². The molecule has 1 aliphatic rings. The number of nitrogens with two attached hydrogens (primary N) is 1. The summed E-state index contributed by atoms with van der Waals surface area (Å²) in [7, 11) is -3.05. The van der Waals surface area contributed by atoms with Crippen molar-refractivity contribution in [1.82, 2.24) is 4.90 Å². The van der Waals surface area contributed by atoms with Crippen LogP contribution in [-0.2, 0) is 21.1 Å². The van der Waals surface area contributed by atoms with Crippen LogP contribution in [-0.4, -0.2) is 54.5 Å². The highest BCUT2D eigenvalue weighted by Crippen LogP contribution is 2.15. The van der Waals surface area contributed by atoms with Crippen molar-refractivity contribution in [3.63, 3.8) is 0 Å². The highest BCUT2D eigenvalue weighted by atomic mass is 32.2. The van der Waals surface area contributed by atoms with E-state index in [1.54, 1.807) is 36.1 Å². The van der Waals surface area contributed by atoms with E-state index in [4.69, 9.17) is 5.73 Å². The molecule has 0 aliphatic carbocycles. The number of phenols is 1. The Kier molecular flexibility index (Phi) is 4.53. The molecule has 1 fully saturated rings. The van der Waals surface area contributed by atoms with Gasteiger partial charge in [0.1, 0.15) is 5.75 Å². The van der Waals surface area contributed by atoms with Gasteiger partial charge in [-0.05, 0) is 31.0 Å². The molecule has 1 heterocycles. The molecule has 21 heavy (non-hydrogen) atoms. The fourth-order valence-electron chi connectivity index (χ4n) is 2.51. The van der Waals surface area contributed by atoms with E-state index in [-0.39, 0.29) is 35.7 Å². The Morgan fingerprint density at radius 2 is 2.05 bits per heavy atom. The van der Waals surface area contributed by atoms with E-state index in [1.807, 2.05) is 0 Å². The molecule has 0 radical (unpaired) electrons. The summed E-state index contributed by atoms with van der Waals surface area (Å²) >= 11 is 0. The van der Waals surface area contributed by atoms with Gasteiger partial charge in [-0.1, -0.05) is 12.1 Å². The molecule has 2 atom stereocenters. The zero-order valence-corrected chi connectivity index (χ0v) is 12.7. The van der Waals surface area contributed by atoms with Gasteiger partial charge in [0.05, 0.1) is 17.5 Å². The second kappa shape index (κ2) is 6.03. The predicted octanol–water partition coefficient (Wildman–Crippen LogP) is -0.0925. The molecule has 1 aromatic carbocycles. The Morgan fingerprint density at radius 3 is 2.62 bits per heavy atom. The number of hydrogen-bond acceptors (Lipinski definition) is 5. The zero-order chi connectivity index (χ0) is 15.6. The summed E-state index contributed by atoms with van der Waals surface area (Å²) in [5, 5.41) is 9.22. The lowest BCUT2D eigenvalue weighted by molar-refractivity contribution is -0.134. The Morgan fingerprint density at radius 1 is 1.43 bits per heavy atom. The highest BCUT2D eigenvalue weighted by Gasteiger charge is 2.33. The van der Waals surface area contributed by atoms with Gasteiger partial charge in [0.2, 0.25) is 5.91 Å². The monoisotopic (exact) mass is 312 g/mol. The van der Waals surface area contributed by atoms with Crippen LogP contribution in [0.15, 0.2) is 24.3 Å². The van der Waals surface area contributed by atoms with Crippen molar-refractivity contribution in [2.24, 2.45) is 5.73 Å². The maximum atomic E-state index is 12.3. The summed E-state index contributed by atoms with van der Waals surface area (Å²) in [4.78, 5) is 13.9. The Bertz CT molecular complexity index is 612. The molecule has 1 aromatic rings. The number of sulfone groups is 1. The minimum atomic E-state index is -3.05. The van der Waals surface area contributed by atoms with Gasteiger partial charge in [-0.2, -0.15) is 0 Å². The topological polar surface area (TPSA) is 101 Å². The number of carbonyl (C=O) groups excluding carboxylic acids is 1. The van der Waals surface area contributed by atoms with Crippen molar-refractivity contribution in [3.05, 3.63) is 29.8 Å². The van der Waals surface area contributed by atoms with Gasteiger partial charge in [-0.25, -0.2) is 8.42 Å². The maximum absolute atomic E-state index is 12.3. The number of nitrogens with zero attached hydrogens (tertiary/aromatic N) is 1. The maximum Gasteiger partial charge on any atom is 0.240 e. The SMILES string of the molecule is CC1CS(=O)(=O)CCN1C(=O)[C@H](N)Cc1ccc(O)cc1. The second-order valence-corrected chi connectivity index (χ2v) is 7.70. The molecule has 7 heteroatoms. The van der Waals surface area contributed by atoms with Gasteiger partial charge in [-0.15, -0.1) is 0 Å². The molecule has 1 unspecified atom stereocenters. The first-order chi connectivity index (χ1) is 9.78. The minimum Gasteiger partial charge on any atom is -0.508 e. The summed E-state index contributed by atoms with van der Waals surface area (Å²) < 4.78 is 23.1. The van der Waals surface area contributed by atoms with Gasteiger partial charge in [0, 0.05) is 12.6 Å². The van der Waals surface area contributed by atoms with Crippen molar-refractivity contribution in [3.8, 4) is 5.75 Å². The number of carbonyl (C=O) groups is 1. The lowest BCUT2D eigenvalue weighted by Crippen LogP contribution is -2.55. The lowest BCUT2D eigenvalue weighted by Gasteiger charge is -2.34. The third-order valence-corrected chi connectivity index (χ3v) is 5.46. The van der Waals surface area contributed by atoms with Gasteiger partial charge in [0.25, 0.3) is 0 Å². The third-order valence-electron chi connectivity index (χ3n) is 3.66. The summed E-state index contributed by atoms with van der Waals surface area (Å²) in [5.41, 5.74) is 6.80. The third kappa shape index (κ3) is 3.95. The summed E-state index contributed by atoms with van der Waals surface area (Å²) in [6, 6.07) is 5.46. The van der Waals surface area contributed by atoms with Crippen molar-refractivity contribution < 1.29 is 18.3 Å². The second-order valence-electron chi connectivity index (χ2n) is 5.47. The molecule has 3 N–H and O–H groups in total. The molecule has 0 aromatic heterocycles. The fourth-order valence-corrected chi connectivity index (χ4v) is 4.07. The van der Waals surface area contributed by atoms with Crippen LogP contribution in [0.3, 0.4) is 0 Å². The molecule has 2 rings (SSSR count). The number of rotatable bonds is 3. The molecule has 1 amide bonds. The van der Waals surface area contributed by atoms with E-state index in [1.165, 1.54) is 0 Å². The van der Waals surface area contributed by atoms with Crippen LogP contribution < -0.4 is 5.73 Å². The van der Waals surface area contributed by atoms with Crippen LogP contribution in [0.25, 0.3) is 0 Å². The van der Waals surface area contributed by atoms with E-state index in [0.29, 0.717) is 6.42 Å². The Labute approximate surface area is 124 Å². The van der Waals surface area contributed by atoms with Crippen molar-refractivity contribution in [1.29, 1.82) is 0 Å². The van der Waals surface area contributed by atoms with Crippen LogP contribution >= 0.6 is 0 Å². The molecule has 116 valence electrons. The van der Waals surface area contributed by atoms with Crippen LogP contribution in [0.2, 0.25) is 0 Å². The summed E-state index contributed by atoms with van der Waals surface area (Å²) in [5.74, 6) is -0.0846. The van der Waals surface area contributed by atoms with Crippen LogP contribution in [0.5, 0.6) is 5.75 Å². The van der Waals surface area contributed by atoms with Gasteiger partial charge in [-0.3, -0.25) is 4.79 Å². The lowest BCUT2D eigenvalue weighted by atomic mass is 10.0. The highest BCUT2D eigenvalue weighted by molar-refractivity contribution is 7.91. The molecule has 1 aliphatic heterocycles. The summed E-state index contributed by atoms with van der Waals surface area (Å²) in [6.45, 7) is 1.92. The largest absolute Gasteiger partial charge is 0.508 e. The number of hydrogen-bond donors (Lipinski definition) is 2. The van der Waals surface area contributed by atoms with E-state index in [2.05, 4.69) is 0 Å². The van der Waals surface area contributed by atoms with Crippen LogP contribution in [0.1, 0.15) is 12.5 Å². The molecular weight excluding hydrogens is 292 g/mol. The quantitative estimate of drug-likeness (QED) is 0.812. The standard InChI is InChI=1S/C14H20N2O4S/c1-10-9-21(19,20)7-6-16(10)14(18)13(15)8-11-2-4-12(17)5-3-11/h2-5,10,13,17H,6-9,15H2,1H3/t10?,13-/m1/s1. The smallest absolute Gasteiger partial charge is 0.240 e. The molecule has 6 nitrogen and oxygen atoms in total. The fraction of sp³-hybridized carbons (Fsp3) is 0.500. The first kappa shape index (κ1) is 15.8. The molecule has 1 saturated heterocycles. The summed E-state index contributed by atoms with van der Waals surface area (Å²) in [6.07, 6.45) is 0.356. The van der Waals surface area contributed by atoms with Crippen LogP contribution in [0, 0.1) is 0 Å². The Balaban J connectivity index is 2.01. The van der Waals surface area contributed by atoms with Crippen molar-refractivity contribution >= 4 is 15.7 Å². The van der Waals surface area contributed by atoms with Gasteiger partial charge >= 0.3 is 0 Å². The van der Waals surface area contributed by atoms with E-state index in [0.717, 1.165) is 5.56 Å². The number of phenolic OH excluding ortho intramolecular Hbond substituents is 1. The minimum absolute atomic E-state index is 0.00495. The van der Waals surface area contributed by atoms with Crippen molar-refractivity contribution in [2.75, 3.05) is 18.1 Å². The first-order valence-corrected chi connectivity index (χ1v) is 8.65. The molecule has 0 spiro atoms. The molecule has 0 bridgehead atoms. The molecule has 0 saturated carbocycles. The van der Waals surface area contributed by atoms with Gasteiger partial charge in [0.15, 0.2) is 9.84 Å². The number of benzene rings is 1. The normalized spacial score (nSPS) is 22.8. The Hall–Kier alpha value is -1.60. The first-order valence-electron chi connectivity index (χ1n) is 6.83. The average molecular weight is 312 g/mol. The zero-order valence-electron chi connectivity index (χ0n) is 11.9. The molecular formula is C14H20N2O4S. The van der Waals surface area contributed by atoms with Gasteiger partial charge < -0.3 is 15.7 Å². The van der Waals surface area contributed by atoms with E-state index >= 15 is 0 Å².